The maximum absolute atomic E-state index is 11.3. The van der Waals surface area contributed by atoms with Gasteiger partial charge in [0.05, 0.1) is 5.92 Å². The Balaban J connectivity index is 1.82. The van der Waals surface area contributed by atoms with Gasteiger partial charge in [0.15, 0.2) is 0 Å². The van der Waals surface area contributed by atoms with Crippen LogP contribution in [0.1, 0.15) is 30.4 Å². The largest absolute Gasteiger partial charge is 0.481 e. The maximum atomic E-state index is 11.3. The first-order valence-corrected chi connectivity index (χ1v) is 8.89. The van der Waals surface area contributed by atoms with Crippen molar-refractivity contribution in [2.75, 3.05) is 5.32 Å². The van der Waals surface area contributed by atoms with E-state index in [9.17, 15) is 9.90 Å². The summed E-state index contributed by atoms with van der Waals surface area (Å²) in [6.45, 7) is 2.66. The molecule has 0 radical (unpaired) electrons. The highest BCUT2D eigenvalue weighted by Gasteiger charge is 2.17. The summed E-state index contributed by atoms with van der Waals surface area (Å²) in [5.74, 6) is -1.22. The van der Waals surface area contributed by atoms with Gasteiger partial charge >= 0.3 is 5.97 Å². The van der Waals surface area contributed by atoms with Crippen molar-refractivity contribution in [3.63, 3.8) is 0 Å². The van der Waals surface area contributed by atoms with Gasteiger partial charge in [0.2, 0.25) is 0 Å². The lowest BCUT2D eigenvalue weighted by Gasteiger charge is -2.14. The Morgan fingerprint density at radius 3 is 2.23 bits per heavy atom. The molecule has 3 heteroatoms. The first-order valence-electron chi connectivity index (χ1n) is 8.89. The van der Waals surface area contributed by atoms with Crippen LogP contribution in [0.25, 0.3) is 11.1 Å². The molecule has 1 atom stereocenters. The number of carboxylic acids is 1. The molecule has 0 aliphatic rings. The fourth-order valence-corrected chi connectivity index (χ4v) is 3.13. The van der Waals surface area contributed by atoms with Gasteiger partial charge in [0, 0.05) is 17.8 Å². The molecule has 0 bridgehead atoms. The third kappa shape index (κ3) is 4.12. The average Bonchev–Trinajstić information content (AvgIpc) is 2.68. The Morgan fingerprint density at radius 2 is 1.58 bits per heavy atom. The van der Waals surface area contributed by atoms with Crippen LogP contribution in [0, 0.1) is 0 Å². The van der Waals surface area contributed by atoms with Gasteiger partial charge in [-0.2, -0.15) is 0 Å². The number of benzene rings is 3. The quantitative estimate of drug-likeness (QED) is 0.591. The van der Waals surface area contributed by atoms with Crippen molar-refractivity contribution in [1.29, 1.82) is 0 Å². The van der Waals surface area contributed by atoms with Crippen LogP contribution in [0.4, 0.5) is 5.69 Å². The van der Waals surface area contributed by atoms with Gasteiger partial charge in [0.25, 0.3) is 0 Å². The number of carboxylic acid groups (broad SMARTS) is 1. The highest BCUT2D eigenvalue weighted by Crippen LogP contribution is 2.30. The molecule has 0 spiro atoms. The van der Waals surface area contributed by atoms with E-state index in [1.54, 1.807) is 0 Å². The molecule has 1 unspecified atom stereocenters. The second-order valence-electron chi connectivity index (χ2n) is 6.31. The van der Waals surface area contributed by atoms with Crippen molar-refractivity contribution in [3.05, 3.63) is 90.0 Å². The van der Waals surface area contributed by atoms with Crippen LogP contribution < -0.4 is 5.32 Å². The van der Waals surface area contributed by atoms with E-state index in [-0.39, 0.29) is 0 Å². The van der Waals surface area contributed by atoms with Gasteiger partial charge in [-0.15, -0.1) is 0 Å². The van der Waals surface area contributed by atoms with Crippen LogP contribution in [0.5, 0.6) is 0 Å². The maximum Gasteiger partial charge on any atom is 0.310 e. The van der Waals surface area contributed by atoms with E-state index >= 15 is 0 Å². The Morgan fingerprint density at radius 1 is 0.923 bits per heavy atom. The van der Waals surface area contributed by atoms with Crippen LogP contribution >= 0.6 is 0 Å². The van der Waals surface area contributed by atoms with Crippen LogP contribution in [-0.2, 0) is 11.3 Å². The lowest BCUT2D eigenvalue weighted by Crippen LogP contribution is -2.10. The normalized spacial score (nSPS) is 11.7. The van der Waals surface area contributed by atoms with Crippen molar-refractivity contribution in [2.45, 2.75) is 25.8 Å². The van der Waals surface area contributed by atoms with E-state index in [1.807, 2.05) is 61.5 Å². The number of anilines is 1. The molecular formula is C23H23NO2. The monoisotopic (exact) mass is 345 g/mol. The number of rotatable bonds is 7. The molecule has 2 N–H and O–H groups in total. The SMILES string of the molecule is CCC(C(=O)O)c1ccc(-c2ccccc2NCc2ccccc2)cc1. The zero-order valence-electron chi connectivity index (χ0n) is 14.9. The smallest absolute Gasteiger partial charge is 0.310 e. The van der Waals surface area contributed by atoms with Crippen molar-refractivity contribution >= 4 is 11.7 Å². The Bertz CT molecular complexity index is 857. The fourth-order valence-electron chi connectivity index (χ4n) is 3.13. The first-order chi connectivity index (χ1) is 12.7. The van der Waals surface area contributed by atoms with E-state index in [1.165, 1.54) is 5.56 Å². The molecule has 0 aliphatic heterocycles. The predicted molar refractivity (Wildman–Crippen MR) is 106 cm³/mol. The molecule has 3 rings (SSSR count). The lowest BCUT2D eigenvalue weighted by molar-refractivity contribution is -0.138. The number of aliphatic carboxylic acids is 1. The molecule has 3 aromatic carbocycles. The number of para-hydroxylation sites is 1. The topological polar surface area (TPSA) is 49.3 Å². The van der Waals surface area contributed by atoms with Crippen molar-refractivity contribution < 1.29 is 9.90 Å². The molecule has 0 aliphatic carbocycles. The van der Waals surface area contributed by atoms with Crippen LogP contribution in [0.2, 0.25) is 0 Å². The minimum Gasteiger partial charge on any atom is -0.481 e. The second-order valence-corrected chi connectivity index (χ2v) is 6.31. The molecule has 0 aromatic heterocycles. The minimum absolute atomic E-state index is 0.449. The molecule has 0 heterocycles. The zero-order valence-corrected chi connectivity index (χ0v) is 14.9. The molecule has 0 amide bonds. The number of nitrogens with one attached hydrogen (secondary N) is 1. The zero-order chi connectivity index (χ0) is 18.4. The van der Waals surface area contributed by atoms with Crippen LogP contribution in [0.3, 0.4) is 0 Å². The highest BCUT2D eigenvalue weighted by atomic mass is 16.4. The van der Waals surface area contributed by atoms with E-state index in [0.29, 0.717) is 6.42 Å². The molecule has 26 heavy (non-hydrogen) atoms. The number of hydrogen-bond donors (Lipinski definition) is 2. The summed E-state index contributed by atoms with van der Waals surface area (Å²) in [5, 5.41) is 12.8. The molecule has 0 fully saturated rings. The van der Waals surface area contributed by atoms with Gasteiger partial charge < -0.3 is 10.4 Å². The summed E-state index contributed by atoms with van der Waals surface area (Å²) < 4.78 is 0. The highest BCUT2D eigenvalue weighted by molar-refractivity contribution is 5.79. The van der Waals surface area contributed by atoms with Gasteiger partial charge in [-0.05, 0) is 29.2 Å². The molecule has 3 nitrogen and oxygen atoms in total. The Kier molecular flexibility index (Phi) is 5.69. The summed E-state index contributed by atoms with van der Waals surface area (Å²) in [5.41, 5.74) is 5.32. The van der Waals surface area contributed by atoms with Crippen molar-refractivity contribution in [2.24, 2.45) is 0 Å². The fraction of sp³-hybridized carbons (Fsp3) is 0.174. The van der Waals surface area contributed by atoms with Gasteiger partial charge in [0.1, 0.15) is 0 Å². The van der Waals surface area contributed by atoms with Crippen LogP contribution in [0.15, 0.2) is 78.9 Å². The molecular weight excluding hydrogens is 322 g/mol. The molecule has 3 aromatic rings. The van der Waals surface area contributed by atoms with Crippen LogP contribution in [-0.4, -0.2) is 11.1 Å². The van der Waals surface area contributed by atoms with E-state index < -0.39 is 11.9 Å². The minimum atomic E-state index is -0.773. The molecule has 0 saturated carbocycles. The molecule has 132 valence electrons. The number of carbonyl (C=O) groups is 1. The third-order valence-corrected chi connectivity index (χ3v) is 4.58. The van der Waals surface area contributed by atoms with E-state index in [2.05, 4.69) is 29.6 Å². The summed E-state index contributed by atoms with van der Waals surface area (Å²) in [6.07, 6.45) is 0.587. The average molecular weight is 345 g/mol. The molecule has 0 saturated heterocycles. The van der Waals surface area contributed by atoms with Crippen molar-refractivity contribution in [1.82, 2.24) is 0 Å². The van der Waals surface area contributed by atoms with Gasteiger partial charge in [-0.3, -0.25) is 4.79 Å². The predicted octanol–water partition coefficient (Wildman–Crippen LogP) is 5.54. The summed E-state index contributed by atoms with van der Waals surface area (Å²) in [6, 6.07) is 26.3. The van der Waals surface area contributed by atoms with E-state index in [0.717, 1.165) is 28.9 Å². The van der Waals surface area contributed by atoms with E-state index in [4.69, 9.17) is 0 Å². The first kappa shape index (κ1) is 17.7. The van der Waals surface area contributed by atoms with Gasteiger partial charge in [-0.1, -0.05) is 79.7 Å². The lowest BCUT2D eigenvalue weighted by atomic mass is 9.94. The Hall–Kier alpha value is -3.07. The Labute approximate surface area is 154 Å². The number of hydrogen-bond acceptors (Lipinski definition) is 2. The third-order valence-electron chi connectivity index (χ3n) is 4.58. The van der Waals surface area contributed by atoms with Gasteiger partial charge in [-0.25, -0.2) is 0 Å². The second kappa shape index (κ2) is 8.34. The standard InChI is InChI=1S/C23H23NO2/c1-2-20(23(25)26)18-12-14-19(15-13-18)21-10-6-7-11-22(21)24-16-17-8-4-3-5-9-17/h3-15,20,24H,2,16H2,1H3,(H,25,26). The summed E-state index contributed by atoms with van der Waals surface area (Å²) in [7, 11) is 0. The summed E-state index contributed by atoms with van der Waals surface area (Å²) in [4.78, 5) is 11.3. The summed E-state index contributed by atoms with van der Waals surface area (Å²) >= 11 is 0. The van der Waals surface area contributed by atoms with Crippen molar-refractivity contribution in [3.8, 4) is 11.1 Å².